The molecule has 0 radical (unpaired) electrons. The molecule has 2 rings (SSSR count). The lowest BCUT2D eigenvalue weighted by Gasteiger charge is -2.28. The molecule has 1 aromatic rings. The van der Waals surface area contributed by atoms with Crippen LogP contribution in [0.4, 0.5) is 10.1 Å². The van der Waals surface area contributed by atoms with Crippen molar-refractivity contribution in [1.29, 1.82) is 0 Å². The minimum Gasteiger partial charge on any atom is -0.376 e. The number of anilines is 1. The van der Waals surface area contributed by atoms with Gasteiger partial charge >= 0.3 is 0 Å². The van der Waals surface area contributed by atoms with Crippen molar-refractivity contribution in [2.45, 2.75) is 45.8 Å². The molecular formula is C17H27FN2O. The summed E-state index contributed by atoms with van der Waals surface area (Å²) in [6.07, 6.45) is 3.67. The van der Waals surface area contributed by atoms with Crippen molar-refractivity contribution >= 4 is 5.69 Å². The van der Waals surface area contributed by atoms with Gasteiger partial charge in [0.1, 0.15) is 5.82 Å². The van der Waals surface area contributed by atoms with Gasteiger partial charge in [-0.25, -0.2) is 4.39 Å². The van der Waals surface area contributed by atoms with Crippen molar-refractivity contribution in [1.82, 2.24) is 5.32 Å². The zero-order valence-corrected chi connectivity index (χ0v) is 13.2. The van der Waals surface area contributed by atoms with E-state index >= 15 is 0 Å². The van der Waals surface area contributed by atoms with Crippen LogP contribution in [-0.2, 0) is 11.3 Å². The topological polar surface area (TPSA) is 24.5 Å². The standard InChI is InChI=1S/C17H27FN2O/c1-3-9-19-12-14-11-15(18)7-8-17(14)20(4-2)13-16-6-5-10-21-16/h7-8,11,16,19H,3-6,9-10,12-13H2,1-2H3. The highest BCUT2D eigenvalue weighted by molar-refractivity contribution is 5.54. The fourth-order valence-corrected chi connectivity index (χ4v) is 2.84. The van der Waals surface area contributed by atoms with E-state index in [1.165, 1.54) is 0 Å². The Morgan fingerprint density at radius 1 is 1.38 bits per heavy atom. The normalized spacial score (nSPS) is 18.1. The molecular weight excluding hydrogens is 267 g/mol. The van der Waals surface area contributed by atoms with Crippen LogP contribution in [0.2, 0.25) is 0 Å². The van der Waals surface area contributed by atoms with Crippen LogP contribution >= 0.6 is 0 Å². The maximum absolute atomic E-state index is 13.6. The molecule has 1 N–H and O–H groups in total. The van der Waals surface area contributed by atoms with E-state index in [1.54, 1.807) is 12.1 Å². The minimum atomic E-state index is -0.166. The molecule has 0 amide bonds. The lowest BCUT2D eigenvalue weighted by atomic mass is 10.1. The number of hydrogen-bond donors (Lipinski definition) is 1. The zero-order chi connectivity index (χ0) is 15.1. The third kappa shape index (κ3) is 4.68. The minimum absolute atomic E-state index is 0.166. The third-order valence-corrected chi connectivity index (χ3v) is 3.95. The Bertz CT molecular complexity index is 433. The van der Waals surface area contributed by atoms with Crippen LogP contribution in [-0.4, -0.2) is 32.3 Å². The molecule has 0 spiro atoms. The van der Waals surface area contributed by atoms with Crippen molar-refractivity contribution in [2.75, 3.05) is 31.1 Å². The van der Waals surface area contributed by atoms with Crippen LogP contribution in [0.1, 0.15) is 38.7 Å². The van der Waals surface area contributed by atoms with Crippen molar-refractivity contribution in [3.63, 3.8) is 0 Å². The van der Waals surface area contributed by atoms with Gasteiger partial charge in [0.25, 0.3) is 0 Å². The molecule has 21 heavy (non-hydrogen) atoms. The molecule has 1 saturated heterocycles. The van der Waals surface area contributed by atoms with E-state index in [0.717, 1.165) is 56.8 Å². The summed E-state index contributed by atoms with van der Waals surface area (Å²) < 4.78 is 19.3. The number of benzene rings is 1. The van der Waals surface area contributed by atoms with Gasteiger partial charge in [-0.1, -0.05) is 6.92 Å². The Hall–Kier alpha value is -1.13. The van der Waals surface area contributed by atoms with Crippen LogP contribution in [0.3, 0.4) is 0 Å². The average Bonchev–Trinajstić information content (AvgIpc) is 2.99. The van der Waals surface area contributed by atoms with Crippen molar-refractivity contribution in [3.8, 4) is 0 Å². The van der Waals surface area contributed by atoms with Gasteiger partial charge in [-0.05, 0) is 56.5 Å². The zero-order valence-electron chi connectivity index (χ0n) is 13.2. The van der Waals surface area contributed by atoms with Crippen molar-refractivity contribution < 1.29 is 9.13 Å². The van der Waals surface area contributed by atoms with Gasteiger partial charge in [0, 0.05) is 31.9 Å². The number of halogens is 1. The highest BCUT2D eigenvalue weighted by atomic mass is 19.1. The summed E-state index contributed by atoms with van der Waals surface area (Å²) in [7, 11) is 0. The molecule has 0 bridgehead atoms. The molecule has 4 heteroatoms. The fourth-order valence-electron chi connectivity index (χ4n) is 2.84. The molecule has 1 heterocycles. The Morgan fingerprint density at radius 2 is 2.24 bits per heavy atom. The van der Waals surface area contributed by atoms with Gasteiger partial charge in [0.15, 0.2) is 0 Å². The third-order valence-electron chi connectivity index (χ3n) is 3.95. The van der Waals surface area contributed by atoms with Crippen LogP contribution in [0, 0.1) is 5.82 Å². The summed E-state index contributed by atoms with van der Waals surface area (Å²) in [6.45, 7) is 8.61. The van der Waals surface area contributed by atoms with Crippen LogP contribution < -0.4 is 10.2 Å². The van der Waals surface area contributed by atoms with Gasteiger partial charge in [-0.15, -0.1) is 0 Å². The summed E-state index contributed by atoms with van der Waals surface area (Å²) in [5.41, 5.74) is 2.15. The summed E-state index contributed by atoms with van der Waals surface area (Å²) in [6, 6.07) is 5.10. The SMILES string of the molecule is CCCNCc1cc(F)ccc1N(CC)CC1CCCO1. The van der Waals surface area contributed by atoms with Gasteiger partial charge in [-0.2, -0.15) is 0 Å². The van der Waals surface area contributed by atoms with E-state index in [4.69, 9.17) is 4.74 Å². The maximum atomic E-state index is 13.6. The molecule has 118 valence electrons. The van der Waals surface area contributed by atoms with Crippen LogP contribution in [0.15, 0.2) is 18.2 Å². The number of likely N-dealkylation sites (N-methyl/N-ethyl adjacent to an activating group) is 1. The number of hydrogen-bond acceptors (Lipinski definition) is 3. The quantitative estimate of drug-likeness (QED) is 0.744. The Balaban J connectivity index is 2.10. The largest absolute Gasteiger partial charge is 0.376 e. The first-order valence-electron chi connectivity index (χ1n) is 8.10. The summed E-state index contributed by atoms with van der Waals surface area (Å²) in [4.78, 5) is 2.30. The molecule has 1 unspecified atom stereocenters. The number of rotatable bonds is 8. The van der Waals surface area contributed by atoms with Crippen molar-refractivity contribution in [2.24, 2.45) is 0 Å². The Morgan fingerprint density at radius 3 is 2.90 bits per heavy atom. The molecule has 1 aliphatic rings. The molecule has 3 nitrogen and oxygen atoms in total. The predicted molar refractivity (Wildman–Crippen MR) is 85.3 cm³/mol. The van der Waals surface area contributed by atoms with Crippen LogP contribution in [0.5, 0.6) is 0 Å². The first-order chi connectivity index (χ1) is 10.2. The van der Waals surface area contributed by atoms with Gasteiger partial charge in [0.05, 0.1) is 6.10 Å². The van der Waals surface area contributed by atoms with E-state index in [1.807, 2.05) is 6.07 Å². The second-order valence-electron chi connectivity index (χ2n) is 5.62. The lowest BCUT2D eigenvalue weighted by Crippen LogP contribution is -2.33. The Kier molecular flexibility index (Phi) is 6.46. The highest BCUT2D eigenvalue weighted by Gasteiger charge is 2.20. The van der Waals surface area contributed by atoms with E-state index in [9.17, 15) is 4.39 Å². The van der Waals surface area contributed by atoms with E-state index in [-0.39, 0.29) is 5.82 Å². The second kappa shape index (κ2) is 8.35. The first kappa shape index (κ1) is 16.2. The van der Waals surface area contributed by atoms with E-state index < -0.39 is 0 Å². The molecule has 1 atom stereocenters. The second-order valence-corrected chi connectivity index (χ2v) is 5.62. The number of ether oxygens (including phenoxy) is 1. The highest BCUT2D eigenvalue weighted by Crippen LogP contribution is 2.24. The molecule has 1 fully saturated rings. The van der Waals surface area contributed by atoms with E-state index in [0.29, 0.717) is 12.6 Å². The van der Waals surface area contributed by atoms with Gasteiger partial charge in [0.2, 0.25) is 0 Å². The summed E-state index contributed by atoms with van der Waals surface area (Å²) in [5, 5.41) is 3.37. The molecule has 0 aliphatic carbocycles. The number of nitrogens with zero attached hydrogens (tertiary/aromatic N) is 1. The number of nitrogens with one attached hydrogen (secondary N) is 1. The molecule has 1 aliphatic heterocycles. The molecule has 0 saturated carbocycles. The predicted octanol–water partition coefficient (Wildman–Crippen LogP) is 3.33. The monoisotopic (exact) mass is 294 g/mol. The van der Waals surface area contributed by atoms with Crippen LogP contribution in [0.25, 0.3) is 0 Å². The summed E-state index contributed by atoms with van der Waals surface area (Å²) in [5.74, 6) is -0.166. The average molecular weight is 294 g/mol. The molecule has 1 aromatic carbocycles. The maximum Gasteiger partial charge on any atom is 0.123 e. The molecule has 0 aromatic heterocycles. The fraction of sp³-hybridized carbons (Fsp3) is 0.647. The lowest BCUT2D eigenvalue weighted by molar-refractivity contribution is 0.115. The smallest absolute Gasteiger partial charge is 0.123 e. The van der Waals surface area contributed by atoms with E-state index in [2.05, 4.69) is 24.1 Å². The Labute approximate surface area is 127 Å². The van der Waals surface area contributed by atoms with Gasteiger partial charge < -0.3 is 15.0 Å². The first-order valence-corrected chi connectivity index (χ1v) is 8.10. The van der Waals surface area contributed by atoms with Crippen molar-refractivity contribution in [3.05, 3.63) is 29.6 Å². The van der Waals surface area contributed by atoms with Gasteiger partial charge in [-0.3, -0.25) is 0 Å². The summed E-state index contributed by atoms with van der Waals surface area (Å²) >= 11 is 0.